The Bertz CT molecular complexity index is 706. The lowest BCUT2D eigenvalue weighted by molar-refractivity contribution is 0.102. The molecule has 2 aromatic carbocycles. The number of rotatable bonds is 9. The van der Waals surface area contributed by atoms with Crippen molar-refractivity contribution in [2.45, 2.75) is 13.8 Å². The Morgan fingerprint density at radius 1 is 1.00 bits per heavy atom. The molecule has 0 aliphatic rings. The molecule has 0 unspecified atom stereocenters. The second-order valence-corrected chi connectivity index (χ2v) is 5.98. The number of ether oxygens (including phenoxy) is 3. The molecule has 134 valence electrons. The average molecular weight is 408 g/mol. The van der Waals surface area contributed by atoms with Crippen LogP contribution in [0.5, 0.6) is 11.5 Å². The first-order valence-electron chi connectivity index (χ1n) is 8.19. The summed E-state index contributed by atoms with van der Waals surface area (Å²) >= 11 is 3.39. The molecule has 0 heterocycles. The van der Waals surface area contributed by atoms with Crippen LogP contribution in [0.25, 0.3) is 0 Å². The molecule has 5 nitrogen and oxygen atoms in total. The van der Waals surface area contributed by atoms with Crippen LogP contribution in [0.15, 0.2) is 46.9 Å². The Balaban J connectivity index is 2.14. The van der Waals surface area contributed by atoms with E-state index in [-0.39, 0.29) is 5.91 Å². The van der Waals surface area contributed by atoms with Gasteiger partial charge in [0.1, 0.15) is 18.1 Å². The first kappa shape index (κ1) is 19.3. The number of halogens is 1. The molecule has 0 aliphatic carbocycles. The van der Waals surface area contributed by atoms with Crippen LogP contribution in [0.1, 0.15) is 24.2 Å². The van der Waals surface area contributed by atoms with Gasteiger partial charge < -0.3 is 19.5 Å². The van der Waals surface area contributed by atoms with Crippen molar-refractivity contribution in [3.8, 4) is 11.5 Å². The lowest BCUT2D eigenvalue weighted by Gasteiger charge is -2.14. The van der Waals surface area contributed by atoms with Gasteiger partial charge in [-0.15, -0.1) is 0 Å². The van der Waals surface area contributed by atoms with Crippen LogP contribution in [0, 0.1) is 0 Å². The van der Waals surface area contributed by atoms with Gasteiger partial charge in [-0.05, 0) is 44.2 Å². The Morgan fingerprint density at radius 2 is 1.80 bits per heavy atom. The van der Waals surface area contributed by atoms with E-state index < -0.39 is 0 Å². The van der Waals surface area contributed by atoms with Gasteiger partial charge in [0.2, 0.25) is 0 Å². The number of carbonyl (C=O) groups is 1. The minimum atomic E-state index is -0.259. The van der Waals surface area contributed by atoms with Crippen molar-refractivity contribution in [1.29, 1.82) is 0 Å². The average Bonchev–Trinajstić information content (AvgIpc) is 2.61. The number of nitrogens with one attached hydrogen (secondary N) is 1. The smallest absolute Gasteiger partial charge is 0.259 e. The van der Waals surface area contributed by atoms with Gasteiger partial charge in [0.05, 0.1) is 24.5 Å². The summed E-state index contributed by atoms with van der Waals surface area (Å²) in [5.74, 6) is 0.882. The van der Waals surface area contributed by atoms with Gasteiger partial charge >= 0.3 is 0 Å². The van der Waals surface area contributed by atoms with E-state index in [1.165, 1.54) is 0 Å². The van der Waals surface area contributed by atoms with Gasteiger partial charge in [0, 0.05) is 11.1 Å². The fourth-order valence-electron chi connectivity index (χ4n) is 2.20. The van der Waals surface area contributed by atoms with Crippen molar-refractivity contribution in [1.82, 2.24) is 0 Å². The van der Waals surface area contributed by atoms with Gasteiger partial charge in [0.25, 0.3) is 5.91 Å². The highest BCUT2D eigenvalue weighted by Gasteiger charge is 2.15. The van der Waals surface area contributed by atoms with Crippen molar-refractivity contribution in [2.75, 3.05) is 31.7 Å². The van der Waals surface area contributed by atoms with Gasteiger partial charge in [-0.1, -0.05) is 28.1 Å². The molecule has 0 bridgehead atoms. The number of para-hydroxylation sites is 2. The molecule has 2 aromatic rings. The lowest BCUT2D eigenvalue weighted by atomic mass is 10.1. The molecule has 0 fully saturated rings. The van der Waals surface area contributed by atoms with E-state index in [1.54, 1.807) is 18.2 Å². The van der Waals surface area contributed by atoms with E-state index in [0.717, 1.165) is 4.47 Å². The number of hydrogen-bond donors (Lipinski definition) is 1. The third-order valence-corrected chi connectivity index (χ3v) is 3.80. The zero-order chi connectivity index (χ0) is 18.1. The second kappa shape index (κ2) is 10.1. The lowest BCUT2D eigenvalue weighted by Crippen LogP contribution is -2.15. The topological polar surface area (TPSA) is 56.8 Å². The highest BCUT2D eigenvalue weighted by Crippen LogP contribution is 2.28. The quantitative estimate of drug-likeness (QED) is 0.620. The van der Waals surface area contributed by atoms with Crippen LogP contribution in [-0.2, 0) is 4.74 Å². The van der Waals surface area contributed by atoms with Crippen LogP contribution in [0.4, 0.5) is 5.69 Å². The van der Waals surface area contributed by atoms with Crippen molar-refractivity contribution >= 4 is 27.5 Å². The number of carbonyl (C=O) groups excluding carboxylic acids is 1. The largest absolute Gasteiger partial charge is 0.493 e. The first-order chi connectivity index (χ1) is 12.2. The third kappa shape index (κ3) is 5.76. The van der Waals surface area contributed by atoms with Crippen molar-refractivity contribution in [2.24, 2.45) is 0 Å². The minimum absolute atomic E-state index is 0.259. The molecule has 0 saturated carbocycles. The summed E-state index contributed by atoms with van der Waals surface area (Å²) in [6.07, 6.45) is 0. The van der Waals surface area contributed by atoms with E-state index in [0.29, 0.717) is 49.2 Å². The molecule has 0 radical (unpaired) electrons. The molecular formula is C19H22BrNO4. The highest BCUT2D eigenvalue weighted by atomic mass is 79.9. The van der Waals surface area contributed by atoms with Crippen molar-refractivity contribution in [3.05, 3.63) is 52.5 Å². The summed E-state index contributed by atoms with van der Waals surface area (Å²) in [7, 11) is 0. The van der Waals surface area contributed by atoms with E-state index >= 15 is 0 Å². The fourth-order valence-corrected chi connectivity index (χ4v) is 2.56. The predicted molar refractivity (Wildman–Crippen MR) is 102 cm³/mol. The van der Waals surface area contributed by atoms with Gasteiger partial charge in [-0.25, -0.2) is 0 Å². The van der Waals surface area contributed by atoms with Crippen LogP contribution in [-0.4, -0.2) is 32.3 Å². The molecule has 0 aromatic heterocycles. The van der Waals surface area contributed by atoms with Crippen LogP contribution < -0.4 is 14.8 Å². The Kier molecular flexibility index (Phi) is 7.76. The van der Waals surface area contributed by atoms with Crippen LogP contribution >= 0.6 is 15.9 Å². The molecule has 2 rings (SSSR count). The third-order valence-electron chi connectivity index (χ3n) is 3.31. The Hall–Kier alpha value is -2.05. The summed E-state index contributed by atoms with van der Waals surface area (Å²) in [5, 5.41) is 2.89. The number of anilines is 1. The fraction of sp³-hybridized carbons (Fsp3) is 0.316. The zero-order valence-corrected chi connectivity index (χ0v) is 16.0. The maximum atomic E-state index is 12.7. The molecule has 0 aliphatic heterocycles. The van der Waals surface area contributed by atoms with Gasteiger partial charge in [-0.2, -0.15) is 0 Å². The van der Waals surface area contributed by atoms with E-state index in [2.05, 4.69) is 21.2 Å². The molecule has 0 atom stereocenters. The number of hydrogen-bond acceptors (Lipinski definition) is 4. The summed E-state index contributed by atoms with van der Waals surface area (Å²) < 4.78 is 17.3. The van der Waals surface area contributed by atoms with Crippen molar-refractivity contribution < 1.29 is 19.0 Å². The molecule has 0 saturated heterocycles. The van der Waals surface area contributed by atoms with E-state index in [1.807, 2.05) is 38.1 Å². The highest BCUT2D eigenvalue weighted by molar-refractivity contribution is 9.10. The standard InChI is InChI=1S/C19H22BrNO4/c1-3-23-11-12-25-18-8-6-5-7-16(18)21-19(22)15-13-14(20)9-10-17(15)24-4-2/h5-10,13H,3-4,11-12H2,1-2H3,(H,21,22). The maximum Gasteiger partial charge on any atom is 0.259 e. The molecule has 25 heavy (non-hydrogen) atoms. The maximum absolute atomic E-state index is 12.7. The normalized spacial score (nSPS) is 10.4. The molecular weight excluding hydrogens is 386 g/mol. The van der Waals surface area contributed by atoms with Gasteiger partial charge in [-0.3, -0.25) is 4.79 Å². The van der Waals surface area contributed by atoms with Gasteiger partial charge in [0.15, 0.2) is 0 Å². The van der Waals surface area contributed by atoms with Crippen molar-refractivity contribution in [3.63, 3.8) is 0 Å². The molecule has 1 amide bonds. The number of amides is 1. The summed E-state index contributed by atoms with van der Waals surface area (Å²) in [6, 6.07) is 12.7. The van der Waals surface area contributed by atoms with E-state index in [9.17, 15) is 4.79 Å². The Morgan fingerprint density at radius 3 is 2.56 bits per heavy atom. The SMILES string of the molecule is CCOCCOc1ccccc1NC(=O)c1cc(Br)ccc1OCC. The Labute approximate surface area is 156 Å². The molecule has 1 N–H and O–H groups in total. The second-order valence-electron chi connectivity index (χ2n) is 5.07. The van der Waals surface area contributed by atoms with Crippen LogP contribution in [0.3, 0.4) is 0 Å². The summed E-state index contributed by atoms with van der Waals surface area (Å²) in [5.41, 5.74) is 1.06. The summed E-state index contributed by atoms with van der Waals surface area (Å²) in [6.45, 7) is 5.86. The molecule has 0 spiro atoms. The monoisotopic (exact) mass is 407 g/mol. The number of benzene rings is 2. The first-order valence-corrected chi connectivity index (χ1v) is 8.98. The predicted octanol–water partition coefficient (Wildman–Crippen LogP) is 4.52. The van der Waals surface area contributed by atoms with Crippen LogP contribution in [0.2, 0.25) is 0 Å². The summed E-state index contributed by atoms with van der Waals surface area (Å²) in [4.78, 5) is 12.7. The minimum Gasteiger partial charge on any atom is -0.493 e. The zero-order valence-electron chi connectivity index (χ0n) is 14.4. The molecule has 6 heteroatoms. The van der Waals surface area contributed by atoms with E-state index in [4.69, 9.17) is 14.2 Å².